The van der Waals surface area contributed by atoms with Crippen molar-refractivity contribution in [3.63, 3.8) is 0 Å². The normalized spacial score (nSPS) is 14.4. The molecule has 2 rings (SSSR count). The summed E-state index contributed by atoms with van der Waals surface area (Å²) in [5.74, 6) is -0.721. The van der Waals surface area contributed by atoms with E-state index in [-0.39, 0.29) is 19.3 Å². The zero-order chi connectivity index (χ0) is 20.7. The molecule has 152 valence electrons. The maximum absolute atomic E-state index is 12.7. The van der Waals surface area contributed by atoms with Gasteiger partial charge in [-0.15, -0.1) is 0 Å². The van der Waals surface area contributed by atoms with Crippen LogP contribution in [-0.4, -0.2) is 42.7 Å². The lowest BCUT2D eigenvalue weighted by atomic mass is 9.83. The molecule has 0 bridgehead atoms. The van der Waals surface area contributed by atoms with Crippen LogP contribution in [0.15, 0.2) is 47.8 Å². The van der Waals surface area contributed by atoms with E-state index in [1.807, 2.05) is 49.9 Å². The number of nitrogens with zero attached hydrogens (tertiary/aromatic N) is 1. The molecule has 0 unspecified atom stereocenters. The second-order valence-corrected chi connectivity index (χ2v) is 6.59. The number of carbonyl (C=O) groups is 2. The summed E-state index contributed by atoms with van der Waals surface area (Å²) in [6, 6.07) is 7.45. The van der Waals surface area contributed by atoms with Crippen molar-refractivity contribution in [3.8, 4) is 5.75 Å². The number of ether oxygens (including phenoxy) is 3. The summed E-state index contributed by atoms with van der Waals surface area (Å²) in [6.45, 7) is 10.5. The zero-order valence-corrected chi connectivity index (χ0v) is 17.2. The fourth-order valence-electron chi connectivity index (χ4n) is 3.03. The quantitative estimate of drug-likeness (QED) is 0.633. The second kappa shape index (κ2) is 9.97. The fourth-order valence-corrected chi connectivity index (χ4v) is 3.03. The van der Waals surface area contributed by atoms with Crippen LogP contribution in [0.25, 0.3) is 0 Å². The monoisotopic (exact) mass is 387 g/mol. The summed E-state index contributed by atoms with van der Waals surface area (Å²) in [5.41, 5.74) is 1.61. The molecule has 1 aliphatic heterocycles. The molecule has 0 atom stereocenters. The first-order valence-corrected chi connectivity index (χ1v) is 9.70. The molecule has 0 saturated carbocycles. The van der Waals surface area contributed by atoms with Gasteiger partial charge in [0.05, 0.1) is 36.9 Å². The first-order valence-electron chi connectivity index (χ1n) is 9.70. The molecular weight excluding hydrogens is 358 g/mol. The lowest BCUT2D eigenvalue weighted by molar-refractivity contribution is -0.139. The minimum atomic E-state index is -0.566. The Balaban J connectivity index is 2.54. The average Bonchev–Trinajstić information content (AvgIpc) is 2.68. The van der Waals surface area contributed by atoms with E-state index < -0.39 is 17.9 Å². The van der Waals surface area contributed by atoms with E-state index in [2.05, 4.69) is 0 Å². The van der Waals surface area contributed by atoms with Crippen molar-refractivity contribution < 1.29 is 23.8 Å². The Morgan fingerprint density at radius 1 is 0.893 bits per heavy atom. The Morgan fingerprint density at radius 3 is 1.79 bits per heavy atom. The third kappa shape index (κ3) is 4.94. The minimum absolute atomic E-state index is 0.0649. The predicted octanol–water partition coefficient (Wildman–Crippen LogP) is 3.79. The number of benzene rings is 1. The van der Waals surface area contributed by atoms with Gasteiger partial charge >= 0.3 is 11.9 Å². The zero-order valence-electron chi connectivity index (χ0n) is 17.2. The predicted molar refractivity (Wildman–Crippen MR) is 107 cm³/mol. The van der Waals surface area contributed by atoms with Gasteiger partial charge in [0.1, 0.15) is 5.75 Å². The van der Waals surface area contributed by atoms with Gasteiger partial charge in [0, 0.05) is 18.4 Å². The average molecular weight is 387 g/mol. The van der Waals surface area contributed by atoms with Gasteiger partial charge in [-0.2, -0.15) is 0 Å². The summed E-state index contributed by atoms with van der Waals surface area (Å²) in [4.78, 5) is 27.3. The molecule has 0 fully saturated rings. The van der Waals surface area contributed by atoms with Crippen molar-refractivity contribution in [2.24, 2.45) is 0 Å². The lowest BCUT2D eigenvalue weighted by Crippen LogP contribution is -2.32. The van der Waals surface area contributed by atoms with Crippen LogP contribution in [0.1, 0.15) is 46.1 Å². The van der Waals surface area contributed by atoms with Crippen LogP contribution in [0.4, 0.5) is 0 Å². The van der Waals surface area contributed by atoms with Crippen LogP contribution in [0.2, 0.25) is 0 Å². The molecule has 6 heteroatoms. The summed E-state index contributed by atoms with van der Waals surface area (Å²) >= 11 is 0. The number of carbonyl (C=O) groups excluding carboxylic acids is 2. The highest BCUT2D eigenvalue weighted by molar-refractivity contribution is 5.98. The van der Waals surface area contributed by atoms with E-state index >= 15 is 0 Å². The Labute approximate surface area is 166 Å². The van der Waals surface area contributed by atoms with E-state index in [9.17, 15) is 9.59 Å². The van der Waals surface area contributed by atoms with E-state index in [4.69, 9.17) is 14.2 Å². The van der Waals surface area contributed by atoms with E-state index in [0.29, 0.717) is 17.8 Å². The van der Waals surface area contributed by atoms with Crippen LogP contribution in [0.5, 0.6) is 5.75 Å². The van der Waals surface area contributed by atoms with Crippen molar-refractivity contribution in [1.29, 1.82) is 0 Å². The van der Waals surface area contributed by atoms with Gasteiger partial charge in [-0.25, -0.2) is 9.59 Å². The second-order valence-electron chi connectivity index (χ2n) is 6.59. The summed E-state index contributed by atoms with van der Waals surface area (Å²) in [6.07, 6.45) is 3.51. The lowest BCUT2D eigenvalue weighted by Gasteiger charge is -2.32. The first-order chi connectivity index (χ1) is 13.4. The molecule has 28 heavy (non-hydrogen) atoms. The van der Waals surface area contributed by atoms with Crippen LogP contribution in [0.3, 0.4) is 0 Å². The fraction of sp³-hybridized carbons (Fsp3) is 0.455. The van der Waals surface area contributed by atoms with Gasteiger partial charge < -0.3 is 19.1 Å². The van der Waals surface area contributed by atoms with Gasteiger partial charge in [-0.05, 0) is 52.3 Å². The topological polar surface area (TPSA) is 65.1 Å². The summed E-state index contributed by atoms with van der Waals surface area (Å²) < 4.78 is 16.0. The van der Waals surface area contributed by atoms with Crippen LogP contribution in [0, 0.1) is 0 Å². The highest BCUT2D eigenvalue weighted by atomic mass is 16.5. The van der Waals surface area contributed by atoms with Gasteiger partial charge in [0.2, 0.25) is 0 Å². The van der Waals surface area contributed by atoms with E-state index in [1.165, 1.54) is 0 Å². The number of hydrogen-bond donors (Lipinski definition) is 0. The molecule has 1 aromatic carbocycles. The van der Waals surface area contributed by atoms with E-state index in [0.717, 1.165) is 11.3 Å². The Bertz CT molecular complexity index is 713. The van der Waals surface area contributed by atoms with Crippen molar-refractivity contribution in [2.75, 3.05) is 19.8 Å². The SMILES string of the molecule is CCOC(=O)C1=CN(C(C)C)C=C(C(=O)OCC)C1c1ccc(OCC)cc1. The molecular formula is C22H29NO5. The van der Waals surface area contributed by atoms with Crippen LogP contribution in [-0.2, 0) is 19.1 Å². The molecule has 6 nitrogen and oxygen atoms in total. The van der Waals surface area contributed by atoms with Gasteiger partial charge in [-0.1, -0.05) is 12.1 Å². The minimum Gasteiger partial charge on any atom is -0.494 e. The molecule has 0 N–H and O–H groups in total. The Hall–Kier alpha value is -2.76. The molecule has 0 aliphatic carbocycles. The van der Waals surface area contributed by atoms with Crippen LogP contribution >= 0.6 is 0 Å². The van der Waals surface area contributed by atoms with Gasteiger partial charge in [0.25, 0.3) is 0 Å². The number of esters is 2. The standard InChI is InChI=1S/C22H29NO5/c1-6-26-17-11-9-16(10-12-17)20-18(21(24)27-7-2)13-23(15(4)5)14-19(20)22(25)28-8-3/h9-15,20H,6-8H2,1-5H3. The largest absolute Gasteiger partial charge is 0.494 e. The van der Waals surface area contributed by atoms with Crippen LogP contribution < -0.4 is 4.74 Å². The first kappa shape index (κ1) is 21.5. The summed E-state index contributed by atoms with van der Waals surface area (Å²) in [5, 5.41) is 0. The molecule has 0 aromatic heterocycles. The molecule has 1 heterocycles. The number of rotatable bonds is 8. The Morgan fingerprint density at radius 2 is 1.39 bits per heavy atom. The maximum Gasteiger partial charge on any atom is 0.336 e. The van der Waals surface area contributed by atoms with Crippen molar-refractivity contribution in [1.82, 2.24) is 4.90 Å². The van der Waals surface area contributed by atoms with Crippen molar-refractivity contribution in [2.45, 2.75) is 46.6 Å². The third-order valence-electron chi connectivity index (χ3n) is 4.34. The smallest absolute Gasteiger partial charge is 0.336 e. The highest BCUT2D eigenvalue weighted by Gasteiger charge is 2.36. The summed E-state index contributed by atoms with van der Waals surface area (Å²) in [7, 11) is 0. The van der Waals surface area contributed by atoms with Gasteiger partial charge in [-0.3, -0.25) is 0 Å². The molecule has 0 spiro atoms. The third-order valence-corrected chi connectivity index (χ3v) is 4.34. The molecule has 0 saturated heterocycles. The maximum atomic E-state index is 12.7. The molecule has 1 aromatic rings. The highest BCUT2D eigenvalue weighted by Crippen LogP contribution is 2.38. The van der Waals surface area contributed by atoms with E-state index in [1.54, 1.807) is 26.2 Å². The Kier molecular flexibility index (Phi) is 7.67. The molecule has 0 amide bonds. The molecule has 0 radical (unpaired) electrons. The van der Waals surface area contributed by atoms with Gasteiger partial charge in [0.15, 0.2) is 0 Å². The molecule has 1 aliphatic rings. The van der Waals surface area contributed by atoms with Crippen molar-refractivity contribution in [3.05, 3.63) is 53.4 Å². The van der Waals surface area contributed by atoms with Crippen molar-refractivity contribution >= 4 is 11.9 Å². The number of hydrogen-bond acceptors (Lipinski definition) is 6.